The second-order valence-electron chi connectivity index (χ2n) is 2.33. The number of benzene rings is 1. The topological polar surface area (TPSA) is 61.7 Å². The van der Waals surface area contributed by atoms with E-state index in [1.807, 2.05) is 0 Å². The summed E-state index contributed by atoms with van der Waals surface area (Å²) in [6.45, 7) is 0. The van der Waals surface area contributed by atoms with E-state index in [4.69, 9.17) is 28.3 Å². The van der Waals surface area contributed by atoms with Crippen LogP contribution in [0, 0.1) is 0 Å². The van der Waals surface area contributed by atoms with Crippen LogP contribution in [0.2, 0.25) is 5.02 Å². The maximum absolute atomic E-state index is 10.3. The molecule has 74 valence electrons. The van der Waals surface area contributed by atoms with Crippen molar-refractivity contribution in [3.63, 3.8) is 0 Å². The van der Waals surface area contributed by atoms with Crippen LogP contribution in [0.4, 0.5) is 5.69 Å². The number of carboxylic acid groups (broad SMARTS) is 1. The lowest BCUT2D eigenvalue weighted by atomic mass is 10.3. The van der Waals surface area contributed by atoms with E-state index < -0.39 is 11.1 Å². The predicted octanol–water partition coefficient (Wildman–Crippen LogP) is 2.39. The molecule has 0 spiro atoms. The van der Waals surface area contributed by atoms with E-state index in [9.17, 15) is 4.79 Å². The zero-order chi connectivity index (χ0) is 10.6. The molecule has 0 amide bonds. The lowest BCUT2D eigenvalue weighted by Gasteiger charge is -1.99. The first-order chi connectivity index (χ1) is 6.59. The van der Waals surface area contributed by atoms with Gasteiger partial charge in [-0.3, -0.25) is 5.43 Å². The summed E-state index contributed by atoms with van der Waals surface area (Å²) in [4.78, 5) is 10.3. The normalized spacial score (nSPS) is 11.1. The molecular formula is C8H6Cl2N2O2. The third kappa shape index (κ3) is 3.24. The molecule has 6 heteroatoms. The van der Waals surface area contributed by atoms with Gasteiger partial charge in [-0.2, -0.15) is 5.10 Å². The molecule has 0 aliphatic rings. The van der Waals surface area contributed by atoms with Gasteiger partial charge in [-0.1, -0.05) is 23.2 Å². The Morgan fingerprint density at radius 2 is 1.93 bits per heavy atom. The van der Waals surface area contributed by atoms with Crippen molar-refractivity contribution in [2.75, 3.05) is 5.43 Å². The van der Waals surface area contributed by atoms with E-state index in [2.05, 4.69) is 10.5 Å². The summed E-state index contributed by atoms with van der Waals surface area (Å²) in [7, 11) is 0. The van der Waals surface area contributed by atoms with Crippen LogP contribution >= 0.6 is 23.2 Å². The standard InChI is InChI=1S/C8H6Cl2N2O2/c9-5-1-3-6(4-2-5)11-12-7(10)8(13)14/h1-4,11H,(H,13,14)/b12-7+. The molecule has 0 saturated carbocycles. The van der Waals surface area contributed by atoms with E-state index in [1.54, 1.807) is 24.3 Å². The van der Waals surface area contributed by atoms with Gasteiger partial charge in [-0.15, -0.1) is 0 Å². The van der Waals surface area contributed by atoms with Crippen molar-refractivity contribution in [1.29, 1.82) is 0 Å². The van der Waals surface area contributed by atoms with Crippen LogP contribution in [0.25, 0.3) is 0 Å². The zero-order valence-electron chi connectivity index (χ0n) is 6.87. The van der Waals surface area contributed by atoms with Gasteiger partial charge in [0.1, 0.15) is 0 Å². The van der Waals surface area contributed by atoms with Gasteiger partial charge in [0.05, 0.1) is 5.69 Å². The molecule has 0 fully saturated rings. The molecule has 1 rings (SSSR count). The van der Waals surface area contributed by atoms with Crippen molar-refractivity contribution in [2.24, 2.45) is 5.10 Å². The van der Waals surface area contributed by atoms with Crippen LogP contribution < -0.4 is 5.43 Å². The summed E-state index contributed by atoms with van der Waals surface area (Å²) < 4.78 is 0. The molecule has 0 atom stereocenters. The van der Waals surface area contributed by atoms with Gasteiger partial charge in [0.15, 0.2) is 0 Å². The minimum Gasteiger partial charge on any atom is -0.476 e. The number of carboxylic acids is 1. The van der Waals surface area contributed by atoms with Crippen molar-refractivity contribution in [1.82, 2.24) is 0 Å². The minimum absolute atomic E-state index is 0.528. The molecule has 14 heavy (non-hydrogen) atoms. The average Bonchev–Trinajstić information content (AvgIpc) is 2.16. The molecule has 0 saturated heterocycles. The fraction of sp³-hybridized carbons (Fsp3) is 0. The third-order valence-corrected chi connectivity index (χ3v) is 1.80. The Labute approximate surface area is 90.1 Å². The quantitative estimate of drug-likeness (QED) is 0.622. The summed E-state index contributed by atoms with van der Waals surface area (Å²) in [5, 5.41) is 11.9. The number of nitrogens with one attached hydrogen (secondary N) is 1. The van der Waals surface area contributed by atoms with E-state index in [0.29, 0.717) is 10.7 Å². The Hall–Kier alpha value is -1.26. The van der Waals surface area contributed by atoms with E-state index in [-0.39, 0.29) is 0 Å². The monoisotopic (exact) mass is 232 g/mol. The first-order valence-corrected chi connectivity index (χ1v) is 4.33. The number of aliphatic carboxylic acids is 1. The van der Waals surface area contributed by atoms with Gasteiger partial charge in [0, 0.05) is 5.02 Å². The highest BCUT2D eigenvalue weighted by molar-refractivity contribution is 6.81. The number of nitrogens with zero attached hydrogens (tertiary/aromatic N) is 1. The Morgan fingerprint density at radius 1 is 1.36 bits per heavy atom. The molecule has 4 nitrogen and oxygen atoms in total. The largest absolute Gasteiger partial charge is 0.476 e. The highest BCUT2D eigenvalue weighted by atomic mass is 35.5. The third-order valence-electron chi connectivity index (χ3n) is 1.30. The number of halogens is 2. The molecule has 0 unspecified atom stereocenters. The Morgan fingerprint density at radius 3 is 2.43 bits per heavy atom. The number of rotatable bonds is 3. The zero-order valence-corrected chi connectivity index (χ0v) is 8.38. The molecule has 2 N–H and O–H groups in total. The molecule has 1 aromatic carbocycles. The lowest BCUT2D eigenvalue weighted by Crippen LogP contribution is -2.07. The fourth-order valence-electron chi connectivity index (χ4n) is 0.686. The molecule has 0 bridgehead atoms. The molecular weight excluding hydrogens is 227 g/mol. The molecule has 0 aliphatic heterocycles. The maximum Gasteiger partial charge on any atom is 0.368 e. The van der Waals surface area contributed by atoms with E-state index in [0.717, 1.165) is 0 Å². The predicted molar refractivity (Wildman–Crippen MR) is 56.0 cm³/mol. The molecule has 0 heterocycles. The van der Waals surface area contributed by atoms with Gasteiger partial charge >= 0.3 is 5.97 Å². The van der Waals surface area contributed by atoms with Gasteiger partial charge in [-0.25, -0.2) is 4.79 Å². The van der Waals surface area contributed by atoms with Crippen LogP contribution in [-0.2, 0) is 4.79 Å². The first kappa shape index (κ1) is 10.8. The van der Waals surface area contributed by atoms with Gasteiger partial charge in [0.2, 0.25) is 5.17 Å². The van der Waals surface area contributed by atoms with Gasteiger partial charge in [0.25, 0.3) is 0 Å². The second-order valence-corrected chi connectivity index (χ2v) is 3.12. The molecule has 0 radical (unpaired) electrons. The van der Waals surface area contributed by atoms with Crippen molar-refractivity contribution in [3.05, 3.63) is 29.3 Å². The van der Waals surface area contributed by atoms with Crippen LogP contribution in [0.5, 0.6) is 0 Å². The summed E-state index contributed by atoms with van der Waals surface area (Å²) in [5.74, 6) is -1.28. The molecule has 1 aromatic rings. The summed E-state index contributed by atoms with van der Waals surface area (Å²) >= 11 is 10.9. The van der Waals surface area contributed by atoms with Crippen LogP contribution in [0.15, 0.2) is 29.4 Å². The number of carbonyl (C=O) groups is 1. The van der Waals surface area contributed by atoms with Gasteiger partial charge in [-0.05, 0) is 24.3 Å². The number of hydrazone groups is 1. The average molecular weight is 233 g/mol. The second kappa shape index (κ2) is 4.83. The van der Waals surface area contributed by atoms with Crippen molar-refractivity contribution >= 4 is 40.0 Å². The van der Waals surface area contributed by atoms with Crippen LogP contribution in [0.1, 0.15) is 0 Å². The Kier molecular flexibility index (Phi) is 3.73. The van der Waals surface area contributed by atoms with Crippen LogP contribution in [-0.4, -0.2) is 16.2 Å². The maximum atomic E-state index is 10.3. The highest BCUT2D eigenvalue weighted by Gasteiger charge is 2.03. The lowest BCUT2D eigenvalue weighted by molar-refractivity contribution is -0.129. The van der Waals surface area contributed by atoms with Crippen LogP contribution in [0.3, 0.4) is 0 Å². The summed E-state index contributed by atoms with van der Waals surface area (Å²) in [5.41, 5.74) is 3.07. The van der Waals surface area contributed by atoms with Crippen molar-refractivity contribution in [3.8, 4) is 0 Å². The summed E-state index contributed by atoms with van der Waals surface area (Å²) in [6, 6.07) is 6.60. The highest BCUT2D eigenvalue weighted by Crippen LogP contribution is 2.13. The van der Waals surface area contributed by atoms with E-state index in [1.165, 1.54) is 0 Å². The fourth-order valence-corrected chi connectivity index (χ4v) is 0.854. The first-order valence-electron chi connectivity index (χ1n) is 3.57. The Bertz CT molecular complexity index is 362. The van der Waals surface area contributed by atoms with Crippen molar-refractivity contribution < 1.29 is 9.90 Å². The number of anilines is 1. The summed E-state index contributed by atoms with van der Waals surface area (Å²) in [6.07, 6.45) is 0. The smallest absolute Gasteiger partial charge is 0.368 e. The SMILES string of the molecule is O=C(O)/C(Cl)=N\Nc1ccc(Cl)cc1. The minimum atomic E-state index is -1.28. The van der Waals surface area contributed by atoms with E-state index >= 15 is 0 Å². The number of hydrogen-bond acceptors (Lipinski definition) is 3. The molecule has 0 aliphatic carbocycles. The Balaban J connectivity index is 2.66. The van der Waals surface area contributed by atoms with Gasteiger partial charge < -0.3 is 5.11 Å². The van der Waals surface area contributed by atoms with Crippen molar-refractivity contribution in [2.45, 2.75) is 0 Å². The number of hydrogen-bond donors (Lipinski definition) is 2. The molecule has 0 aromatic heterocycles.